The Kier molecular flexibility index (Phi) is 8.28. The van der Waals surface area contributed by atoms with Crippen molar-refractivity contribution in [2.45, 2.75) is 39.2 Å². The molecule has 40 heavy (non-hydrogen) atoms. The molecule has 10 nitrogen and oxygen atoms in total. The van der Waals surface area contributed by atoms with Crippen molar-refractivity contribution in [1.82, 2.24) is 19.8 Å². The first-order valence-corrected chi connectivity index (χ1v) is 14.2. The van der Waals surface area contributed by atoms with Crippen LogP contribution in [0.2, 0.25) is 0 Å². The number of amides is 3. The van der Waals surface area contributed by atoms with Crippen LogP contribution in [0, 0.1) is 18.3 Å². The molecular formula is C29H33N7O3S. The number of urea groups is 1. The van der Waals surface area contributed by atoms with Gasteiger partial charge in [-0.05, 0) is 75.0 Å². The summed E-state index contributed by atoms with van der Waals surface area (Å²) in [6, 6.07) is 9.87. The summed E-state index contributed by atoms with van der Waals surface area (Å²) in [5, 5.41) is 12.5. The zero-order chi connectivity index (χ0) is 28.2. The molecule has 0 atom stereocenters. The highest BCUT2D eigenvalue weighted by molar-refractivity contribution is 7.11. The number of carbonyl (C=O) groups excluding carboxylic acids is 2. The molecule has 0 aliphatic carbocycles. The summed E-state index contributed by atoms with van der Waals surface area (Å²) in [6.07, 6.45) is 4.57. The number of carbonyl (C=O) groups is 2. The van der Waals surface area contributed by atoms with E-state index in [4.69, 9.17) is 9.72 Å². The molecule has 0 bridgehead atoms. The van der Waals surface area contributed by atoms with E-state index in [1.165, 1.54) is 16.0 Å². The number of thiophene rings is 1. The van der Waals surface area contributed by atoms with Gasteiger partial charge >= 0.3 is 6.03 Å². The van der Waals surface area contributed by atoms with Gasteiger partial charge in [-0.15, -0.1) is 11.3 Å². The van der Waals surface area contributed by atoms with Crippen molar-refractivity contribution in [2.24, 2.45) is 0 Å². The second kappa shape index (κ2) is 12.0. The Hall–Kier alpha value is -4.01. The number of fused-ring (bicyclic) bond motifs is 1. The Morgan fingerprint density at radius 3 is 2.77 bits per heavy atom. The highest BCUT2D eigenvalue weighted by atomic mass is 32.1. The molecule has 0 spiro atoms. The first-order chi connectivity index (χ1) is 19.3. The molecule has 0 unspecified atom stereocenters. The van der Waals surface area contributed by atoms with E-state index in [-0.39, 0.29) is 11.9 Å². The largest absolute Gasteiger partial charge is 0.481 e. The zero-order valence-corrected chi connectivity index (χ0v) is 23.9. The molecule has 208 valence electrons. The lowest BCUT2D eigenvalue weighted by Gasteiger charge is -2.33. The van der Waals surface area contributed by atoms with Crippen LogP contribution in [0.1, 0.15) is 38.4 Å². The van der Waals surface area contributed by atoms with Gasteiger partial charge in [-0.1, -0.05) is 0 Å². The summed E-state index contributed by atoms with van der Waals surface area (Å²) in [7, 11) is 3.49. The molecular weight excluding hydrogens is 526 g/mol. The Labute approximate surface area is 238 Å². The summed E-state index contributed by atoms with van der Waals surface area (Å²) in [5.41, 5.74) is 3.13. The molecule has 1 fully saturated rings. The summed E-state index contributed by atoms with van der Waals surface area (Å²) in [4.78, 5) is 43.0. The van der Waals surface area contributed by atoms with Gasteiger partial charge in [-0.2, -0.15) is 10.2 Å². The molecule has 2 aliphatic rings. The number of aryl methyl sites for hydroxylation is 4. The fraction of sp³-hybridized carbons (Fsp3) is 0.414. The SMILES string of the molecule is COc1nc2c(cc1CN1CCN(C)CC1=O)CCCN2C(=O)Nc1cc(CCc2ccc(C)s2)c(C#N)cn1. The number of ether oxygens (including phenoxy) is 1. The molecule has 5 rings (SSSR count). The number of hydrogen-bond donors (Lipinski definition) is 1. The van der Waals surface area contributed by atoms with Crippen LogP contribution in [0.4, 0.5) is 16.4 Å². The molecule has 5 heterocycles. The normalized spacial score (nSPS) is 15.5. The van der Waals surface area contributed by atoms with Gasteiger partial charge in [0.2, 0.25) is 11.8 Å². The predicted molar refractivity (Wildman–Crippen MR) is 154 cm³/mol. The number of rotatable bonds is 7. The van der Waals surface area contributed by atoms with E-state index < -0.39 is 0 Å². The smallest absolute Gasteiger partial charge is 0.328 e. The number of nitrogens with zero attached hydrogens (tertiary/aromatic N) is 6. The monoisotopic (exact) mass is 559 g/mol. The summed E-state index contributed by atoms with van der Waals surface area (Å²) in [6.45, 7) is 4.87. The number of methoxy groups -OCH3 is 1. The third-order valence-corrected chi connectivity index (χ3v) is 8.35. The van der Waals surface area contributed by atoms with Gasteiger partial charge in [0, 0.05) is 41.1 Å². The van der Waals surface area contributed by atoms with Gasteiger partial charge in [-0.3, -0.25) is 19.9 Å². The Morgan fingerprint density at radius 1 is 1.20 bits per heavy atom. The van der Waals surface area contributed by atoms with Gasteiger partial charge < -0.3 is 9.64 Å². The topological polar surface area (TPSA) is 115 Å². The van der Waals surface area contributed by atoms with E-state index in [1.54, 1.807) is 29.4 Å². The number of nitriles is 1. The maximum atomic E-state index is 13.4. The molecule has 11 heteroatoms. The van der Waals surface area contributed by atoms with Crippen molar-refractivity contribution in [1.29, 1.82) is 5.26 Å². The molecule has 0 aromatic carbocycles. The van der Waals surface area contributed by atoms with Crippen molar-refractivity contribution in [3.63, 3.8) is 0 Å². The Bertz CT molecular complexity index is 1460. The third kappa shape index (κ3) is 6.08. The van der Waals surface area contributed by atoms with E-state index >= 15 is 0 Å². The molecule has 2 aliphatic heterocycles. The van der Waals surface area contributed by atoms with Gasteiger partial charge in [0.15, 0.2) is 0 Å². The lowest BCUT2D eigenvalue weighted by atomic mass is 10.0. The van der Waals surface area contributed by atoms with Gasteiger partial charge in [0.1, 0.15) is 17.7 Å². The first-order valence-electron chi connectivity index (χ1n) is 13.4. The lowest BCUT2D eigenvalue weighted by molar-refractivity contribution is -0.136. The van der Waals surface area contributed by atoms with Crippen molar-refractivity contribution in [3.8, 4) is 11.9 Å². The standard InChI is InChI=1S/C29H33N7O3S/c1-19-6-8-24(40-19)9-7-20-14-25(31-16-23(20)15-30)32-29(38)36-10-4-5-21-13-22(28(39-3)33-27(21)36)17-35-12-11-34(2)18-26(35)37/h6,8,13-14,16H,4-5,7,9-12,17-18H2,1-3H3,(H,31,32,38). The van der Waals surface area contributed by atoms with E-state index in [9.17, 15) is 14.9 Å². The van der Waals surface area contributed by atoms with Crippen molar-refractivity contribution < 1.29 is 14.3 Å². The average molecular weight is 560 g/mol. The number of aromatic nitrogens is 2. The Balaban J connectivity index is 1.32. The summed E-state index contributed by atoms with van der Waals surface area (Å²) in [5.74, 6) is 1.43. The molecule has 3 aromatic heterocycles. The van der Waals surface area contributed by atoms with Crippen LogP contribution in [-0.4, -0.2) is 72.0 Å². The maximum Gasteiger partial charge on any atom is 0.328 e. The van der Waals surface area contributed by atoms with Gasteiger partial charge in [0.25, 0.3) is 0 Å². The summed E-state index contributed by atoms with van der Waals surface area (Å²) < 4.78 is 5.60. The highest BCUT2D eigenvalue weighted by Crippen LogP contribution is 2.32. The van der Waals surface area contributed by atoms with Crippen LogP contribution >= 0.6 is 11.3 Å². The number of likely N-dealkylation sites (N-methyl/N-ethyl adjacent to an activating group) is 1. The Morgan fingerprint density at radius 2 is 2.05 bits per heavy atom. The third-order valence-electron chi connectivity index (χ3n) is 7.29. The van der Waals surface area contributed by atoms with E-state index in [1.807, 2.05) is 22.9 Å². The van der Waals surface area contributed by atoms with Crippen LogP contribution in [0.15, 0.2) is 30.5 Å². The van der Waals surface area contributed by atoms with Gasteiger partial charge in [-0.25, -0.2) is 9.78 Å². The number of hydrogen-bond acceptors (Lipinski definition) is 8. The van der Waals surface area contributed by atoms with E-state index in [2.05, 4.69) is 35.4 Å². The van der Waals surface area contributed by atoms with E-state index in [0.29, 0.717) is 55.7 Å². The molecule has 0 saturated carbocycles. The van der Waals surface area contributed by atoms with Crippen LogP contribution in [0.5, 0.6) is 5.88 Å². The number of piperazine rings is 1. The van der Waals surface area contributed by atoms with Crippen LogP contribution < -0.4 is 15.0 Å². The van der Waals surface area contributed by atoms with Crippen LogP contribution in [-0.2, 0) is 30.6 Å². The molecule has 3 amide bonds. The van der Waals surface area contributed by atoms with Crippen molar-refractivity contribution in [2.75, 3.05) is 50.6 Å². The predicted octanol–water partition coefficient (Wildman–Crippen LogP) is 3.77. The molecule has 3 aromatic rings. The van der Waals surface area contributed by atoms with E-state index in [0.717, 1.165) is 42.5 Å². The fourth-order valence-electron chi connectivity index (χ4n) is 5.14. The summed E-state index contributed by atoms with van der Waals surface area (Å²) >= 11 is 1.75. The second-order valence-corrected chi connectivity index (χ2v) is 11.6. The molecule has 1 saturated heterocycles. The number of nitrogens with one attached hydrogen (secondary N) is 1. The first kappa shape index (κ1) is 27.6. The number of anilines is 2. The minimum Gasteiger partial charge on any atom is -0.481 e. The van der Waals surface area contributed by atoms with Crippen LogP contribution in [0.25, 0.3) is 0 Å². The van der Waals surface area contributed by atoms with Crippen molar-refractivity contribution in [3.05, 3.63) is 62.5 Å². The second-order valence-electron chi connectivity index (χ2n) is 10.2. The highest BCUT2D eigenvalue weighted by Gasteiger charge is 2.28. The minimum atomic E-state index is -0.338. The molecule has 0 radical (unpaired) electrons. The quantitative estimate of drug-likeness (QED) is 0.469. The average Bonchev–Trinajstić information content (AvgIpc) is 3.37. The minimum absolute atomic E-state index is 0.0781. The lowest BCUT2D eigenvalue weighted by Crippen LogP contribution is -2.48. The van der Waals surface area contributed by atoms with Crippen LogP contribution in [0.3, 0.4) is 0 Å². The molecule has 1 N–H and O–H groups in total. The van der Waals surface area contributed by atoms with Crippen molar-refractivity contribution >= 4 is 34.9 Å². The zero-order valence-electron chi connectivity index (χ0n) is 23.1. The number of pyridine rings is 2. The van der Waals surface area contributed by atoms with Gasteiger partial charge in [0.05, 0.1) is 25.8 Å². The fourth-order valence-corrected chi connectivity index (χ4v) is 6.03. The maximum absolute atomic E-state index is 13.4.